The first-order valence-electron chi connectivity index (χ1n) is 7.04. The van der Waals surface area contributed by atoms with E-state index in [9.17, 15) is 4.79 Å². The first-order valence-corrected chi connectivity index (χ1v) is 7.04. The smallest absolute Gasteiger partial charge is 0.227 e. The van der Waals surface area contributed by atoms with Crippen LogP contribution in [0.25, 0.3) is 0 Å². The Morgan fingerprint density at radius 3 is 2.28 bits per heavy atom. The molecule has 1 aromatic rings. The van der Waals surface area contributed by atoms with Gasteiger partial charge in [0.1, 0.15) is 0 Å². The third kappa shape index (κ3) is 2.29. The molecule has 2 aliphatic carbocycles. The minimum Gasteiger partial charge on any atom is -0.326 e. The van der Waals surface area contributed by atoms with Crippen LogP contribution in [0.2, 0.25) is 0 Å². The number of amides is 1. The summed E-state index contributed by atoms with van der Waals surface area (Å²) in [6.45, 7) is 4.36. The second-order valence-corrected chi connectivity index (χ2v) is 6.19. The van der Waals surface area contributed by atoms with Gasteiger partial charge >= 0.3 is 0 Å². The summed E-state index contributed by atoms with van der Waals surface area (Å²) >= 11 is 0. The van der Waals surface area contributed by atoms with Gasteiger partial charge in [-0.25, -0.2) is 0 Å². The Hall–Kier alpha value is -1.31. The number of carbonyl (C=O) groups is 1. The lowest BCUT2D eigenvalue weighted by atomic mass is 10.0. The van der Waals surface area contributed by atoms with E-state index in [1.807, 2.05) is 12.1 Å². The molecular formula is C16H21NO. The molecule has 2 nitrogen and oxygen atoms in total. The molecule has 0 aliphatic heterocycles. The highest BCUT2D eigenvalue weighted by molar-refractivity contribution is 5.92. The fourth-order valence-electron chi connectivity index (χ4n) is 3.12. The van der Waals surface area contributed by atoms with Crippen molar-refractivity contribution in [2.75, 3.05) is 5.32 Å². The summed E-state index contributed by atoms with van der Waals surface area (Å²) in [7, 11) is 0. The van der Waals surface area contributed by atoms with Crippen LogP contribution >= 0.6 is 0 Å². The molecular weight excluding hydrogens is 222 g/mol. The Balaban J connectivity index is 1.60. The lowest BCUT2D eigenvalue weighted by molar-refractivity contribution is -0.120. The molecule has 2 unspecified atom stereocenters. The molecule has 96 valence electrons. The minimum atomic E-state index is 0.222. The highest BCUT2D eigenvalue weighted by atomic mass is 16.1. The van der Waals surface area contributed by atoms with E-state index in [1.54, 1.807) is 0 Å². The second-order valence-electron chi connectivity index (χ2n) is 6.19. The number of carbonyl (C=O) groups excluding carboxylic acids is 1. The summed E-state index contributed by atoms with van der Waals surface area (Å²) in [5.41, 5.74) is 2.25. The van der Waals surface area contributed by atoms with Gasteiger partial charge in [-0.2, -0.15) is 0 Å². The van der Waals surface area contributed by atoms with Crippen molar-refractivity contribution in [2.24, 2.45) is 17.8 Å². The first kappa shape index (κ1) is 11.8. The predicted octanol–water partition coefficient (Wildman–Crippen LogP) is 3.79. The van der Waals surface area contributed by atoms with Crippen molar-refractivity contribution in [3.05, 3.63) is 29.8 Å². The Morgan fingerprint density at radius 1 is 1.11 bits per heavy atom. The van der Waals surface area contributed by atoms with Crippen molar-refractivity contribution in [3.63, 3.8) is 0 Å². The largest absolute Gasteiger partial charge is 0.326 e. The number of anilines is 1. The third-order valence-electron chi connectivity index (χ3n) is 4.46. The fraction of sp³-hybridized carbons (Fsp3) is 0.562. The van der Waals surface area contributed by atoms with Gasteiger partial charge in [0, 0.05) is 11.6 Å². The molecule has 2 heteroatoms. The number of fused-ring (bicyclic) bond motifs is 1. The van der Waals surface area contributed by atoms with Crippen LogP contribution < -0.4 is 5.32 Å². The molecule has 2 fully saturated rings. The quantitative estimate of drug-likeness (QED) is 0.859. The maximum atomic E-state index is 12.1. The summed E-state index contributed by atoms with van der Waals surface area (Å²) in [6, 6.07) is 8.24. The van der Waals surface area contributed by atoms with Crippen molar-refractivity contribution in [2.45, 2.75) is 39.0 Å². The summed E-state index contributed by atoms with van der Waals surface area (Å²) < 4.78 is 0. The molecule has 2 atom stereocenters. The van der Waals surface area contributed by atoms with E-state index < -0.39 is 0 Å². The zero-order chi connectivity index (χ0) is 12.7. The van der Waals surface area contributed by atoms with Gasteiger partial charge in [0.25, 0.3) is 0 Å². The van der Waals surface area contributed by atoms with Crippen LogP contribution in [0.4, 0.5) is 5.69 Å². The van der Waals surface area contributed by atoms with Crippen molar-refractivity contribution in [1.29, 1.82) is 0 Å². The van der Waals surface area contributed by atoms with E-state index in [1.165, 1.54) is 12.0 Å². The number of hydrogen-bond acceptors (Lipinski definition) is 1. The molecule has 3 rings (SSSR count). The van der Waals surface area contributed by atoms with Crippen LogP contribution in [-0.4, -0.2) is 5.91 Å². The summed E-state index contributed by atoms with van der Waals surface area (Å²) in [5, 5.41) is 3.05. The maximum absolute atomic E-state index is 12.1. The maximum Gasteiger partial charge on any atom is 0.227 e. The molecule has 1 aromatic carbocycles. The molecule has 1 amide bonds. The highest BCUT2D eigenvalue weighted by Crippen LogP contribution is 2.54. The topological polar surface area (TPSA) is 29.1 Å². The molecule has 0 radical (unpaired) electrons. The molecule has 0 bridgehead atoms. The predicted molar refractivity (Wildman–Crippen MR) is 73.5 cm³/mol. The Kier molecular flexibility index (Phi) is 2.89. The number of benzene rings is 1. The normalized spacial score (nSPS) is 29.2. The van der Waals surface area contributed by atoms with Crippen molar-refractivity contribution < 1.29 is 4.79 Å². The number of hydrogen-bond donors (Lipinski definition) is 1. The van der Waals surface area contributed by atoms with Crippen LogP contribution in [-0.2, 0) is 4.79 Å². The molecule has 1 N–H and O–H groups in total. The van der Waals surface area contributed by atoms with Crippen molar-refractivity contribution in [3.8, 4) is 0 Å². The molecule has 0 aromatic heterocycles. The fourth-order valence-corrected chi connectivity index (χ4v) is 3.12. The Bertz CT molecular complexity index is 439. The Labute approximate surface area is 109 Å². The monoisotopic (exact) mass is 243 g/mol. The first-order chi connectivity index (χ1) is 8.63. The van der Waals surface area contributed by atoms with Gasteiger partial charge in [-0.15, -0.1) is 0 Å². The van der Waals surface area contributed by atoms with Gasteiger partial charge in [0.2, 0.25) is 5.91 Å². The zero-order valence-electron chi connectivity index (χ0n) is 11.1. The average Bonchev–Trinajstić information content (AvgIpc) is 2.96. The van der Waals surface area contributed by atoms with Crippen molar-refractivity contribution >= 4 is 11.6 Å². The van der Waals surface area contributed by atoms with Crippen molar-refractivity contribution in [1.82, 2.24) is 0 Å². The Morgan fingerprint density at radius 2 is 1.72 bits per heavy atom. The van der Waals surface area contributed by atoms with Gasteiger partial charge in [-0.05, 0) is 54.7 Å². The van der Waals surface area contributed by atoms with E-state index in [4.69, 9.17) is 0 Å². The van der Waals surface area contributed by atoms with Crippen LogP contribution in [0.15, 0.2) is 24.3 Å². The van der Waals surface area contributed by atoms with Crippen LogP contribution in [0.3, 0.4) is 0 Å². The number of rotatable bonds is 3. The van der Waals surface area contributed by atoms with Crippen LogP contribution in [0.5, 0.6) is 0 Å². The highest BCUT2D eigenvalue weighted by Gasteiger charge is 2.47. The standard InChI is InChI=1S/C16H21NO/c1-10(2)11-3-5-15(6-4-11)17-16(18)14-8-12-7-13(12)9-14/h3-6,10,12-14H,7-9H2,1-2H3,(H,17,18). The molecule has 0 saturated heterocycles. The van der Waals surface area contributed by atoms with E-state index >= 15 is 0 Å². The van der Waals surface area contributed by atoms with Crippen LogP contribution in [0, 0.1) is 17.8 Å². The van der Waals surface area contributed by atoms with Gasteiger partial charge < -0.3 is 5.32 Å². The molecule has 0 heterocycles. The van der Waals surface area contributed by atoms with E-state index in [0.29, 0.717) is 5.92 Å². The van der Waals surface area contributed by atoms with Gasteiger partial charge in [0.15, 0.2) is 0 Å². The lowest BCUT2D eigenvalue weighted by Crippen LogP contribution is -2.21. The van der Waals surface area contributed by atoms with Gasteiger partial charge in [0.05, 0.1) is 0 Å². The van der Waals surface area contributed by atoms with E-state index in [2.05, 4.69) is 31.3 Å². The number of nitrogens with one attached hydrogen (secondary N) is 1. The minimum absolute atomic E-state index is 0.222. The van der Waals surface area contributed by atoms with Crippen LogP contribution in [0.1, 0.15) is 44.6 Å². The van der Waals surface area contributed by atoms with Gasteiger partial charge in [-0.3, -0.25) is 4.79 Å². The third-order valence-corrected chi connectivity index (χ3v) is 4.46. The summed E-state index contributed by atoms with van der Waals surface area (Å²) in [5.74, 6) is 2.75. The molecule has 0 spiro atoms. The zero-order valence-corrected chi connectivity index (χ0v) is 11.1. The summed E-state index contributed by atoms with van der Waals surface area (Å²) in [4.78, 5) is 12.1. The molecule has 2 aliphatic rings. The molecule has 18 heavy (non-hydrogen) atoms. The lowest BCUT2D eigenvalue weighted by Gasteiger charge is -2.13. The van der Waals surface area contributed by atoms with E-state index in [0.717, 1.165) is 30.4 Å². The average molecular weight is 243 g/mol. The molecule has 2 saturated carbocycles. The van der Waals surface area contributed by atoms with Gasteiger partial charge in [-0.1, -0.05) is 26.0 Å². The summed E-state index contributed by atoms with van der Waals surface area (Å²) in [6.07, 6.45) is 3.59. The SMILES string of the molecule is CC(C)c1ccc(NC(=O)C2CC3CC3C2)cc1. The second kappa shape index (κ2) is 4.42. The van der Waals surface area contributed by atoms with E-state index in [-0.39, 0.29) is 11.8 Å².